The van der Waals surface area contributed by atoms with E-state index in [9.17, 15) is 9.90 Å². The first-order valence-electron chi connectivity index (χ1n) is 10.1. The molecule has 152 valence electrons. The number of aliphatic hydroxyl groups is 1. The SMILES string of the molecule is Cc1ccccc1Cc1nc2c(c(=O)[nH]1)CN(CC(O)COCC(C)C)CC2. The third-order valence-corrected chi connectivity index (χ3v) is 5.05. The highest BCUT2D eigenvalue weighted by molar-refractivity contribution is 5.29. The second-order valence-corrected chi connectivity index (χ2v) is 8.11. The molecule has 1 aliphatic rings. The topological polar surface area (TPSA) is 78.5 Å². The van der Waals surface area contributed by atoms with Gasteiger partial charge in [0.1, 0.15) is 5.82 Å². The summed E-state index contributed by atoms with van der Waals surface area (Å²) in [6.45, 7) is 9.01. The van der Waals surface area contributed by atoms with Gasteiger partial charge in [-0.1, -0.05) is 38.1 Å². The van der Waals surface area contributed by atoms with Gasteiger partial charge in [0.15, 0.2) is 0 Å². The minimum atomic E-state index is -0.548. The van der Waals surface area contributed by atoms with Crippen molar-refractivity contribution in [3.63, 3.8) is 0 Å². The Morgan fingerprint density at radius 2 is 2.07 bits per heavy atom. The van der Waals surface area contributed by atoms with Gasteiger partial charge >= 0.3 is 0 Å². The van der Waals surface area contributed by atoms with Crippen molar-refractivity contribution in [3.8, 4) is 0 Å². The minimum Gasteiger partial charge on any atom is -0.389 e. The van der Waals surface area contributed by atoms with Crippen molar-refractivity contribution in [1.29, 1.82) is 0 Å². The van der Waals surface area contributed by atoms with Crippen LogP contribution in [-0.4, -0.2) is 52.4 Å². The van der Waals surface area contributed by atoms with Crippen molar-refractivity contribution in [3.05, 3.63) is 62.8 Å². The van der Waals surface area contributed by atoms with Crippen molar-refractivity contribution in [2.75, 3.05) is 26.3 Å². The van der Waals surface area contributed by atoms with Crippen LogP contribution in [0, 0.1) is 12.8 Å². The van der Waals surface area contributed by atoms with Gasteiger partial charge in [-0.15, -0.1) is 0 Å². The van der Waals surface area contributed by atoms with Gasteiger partial charge in [0.25, 0.3) is 5.56 Å². The molecule has 1 unspecified atom stereocenters. The molecule has 6 nitrogen and oxygen atoms in total. The quantitative estimate of drug-likeness (QED) is 0.727. The molecule has 1 atom stereocenters. The smallest absolute Gasteiger partial charge is 0.255 e. The number of ether oxygens (including phenoxy) is 1. The summed E-state index contributed by atoms with van der Waals surface area (Å²) in [6.07, 6.45) is 0.803. The number of nitrogens with zero attached hydrogens (tertiary/aromatic N) is 2. The normalized spacial score (nSPS) is 15.6. The number of H-pyrrole nitrogens is 1. The molecule has 1 aliphatic heterocycles. The Morgan fingerprint density at radius 3 is 2.82 bits per heavy atom. The Hall–Kier alpha value is -2.02. The van der Waals surface area contributed by atoms with Crippen LogP contribution in [0.5, 0.6) is 0 Å². The zero-order valence-corrected chi connectivity index (χ0v) is 17.1. The Kier molecular flexibility index (Phi) is 6.99. The summed E-state index contributed by atoms with van der Waals surface area (Å²) in [7, 11) is 0. The Bertz CT molecular complexity index is 847. The van der Waals surface area contributed by atoms with E-state index in [1.54, 1.807) is 0 Å². The van der Waals surface area contributed by atoms with Crippen LogP contribution in [0.25, 0.3) is 0 Å². The summed E-state index contributed by atoms with van der Waals surface area (Å²) in [5.74, 6) is 1.17. The van der Waals surface area contributed by atoms with Gasteiger partial charge < -0.3 is 14.8 Å². The molecule has 0 fully saturated rings. The van der Waals surface area contributed by atoms with Crippen molar-refractivity contribution < 1.29 is 9.84 Å². The van der Waals surface area contributed by atoms with Gasteiger partial charge in [0.2, 0.25) is 0 Å². The van der Waals surface area contributed by atoms with Gasteiger partial charge in [-0.25, -0.2) is 4.98 Å². The van der Waals surface area contributed by atoms with E-state index in [2.05, 4.69) is 42.8 Å². The predicted octanol–water partition coefficient (Wildman–Crippen LogP) is 2.06. The lowest BCUT2D eigenvalue weighted by Gasteiger charge is -2.29. The molecule has 0 saturated carbocycles. The van der Waals surface area contributed by atoms with Crippen molar-refractivity contribution >= 4 is 0 Å². The molecule has 2 N–H and O–H groups in total. The lowest BCUT2D eigenvalue weighted by atomic mass is 10.0. The van der Waals surface area contributed by atoms with Gasteiger partial charge in [0.05, 0.1) is 24.0 Å². The number of aromatic amines is 1. The van der Waals surface area contributed by atoms with Crippen LogP contribution < -0.4 is 5.56 Å². The largest absolute Gasteiger partial charge is 0.389 e. The summed E-state index contributed by atoms with van der Waals surface area (Å²) in [4.78, 5) is 22.4. The molecule has 2 aromatic rings. The van der Waals surface area contributed by atoms with E-state index in [0.717, 1.165) is 24.2 Å². The maximum atomic E-state index is 12.6. The van der Waals surface area contributed by atoms with Crippen LogP contribution in [0.4, 0.5) is 0 Å². The number of aryl methyl sites for hydroxylation is 1. The molecule has 1 aromatic heterocycles. The number of fused-ring (bicyclic) bond motifs is 1. The zero-order valence-electron chi connectivity index (χ0n) is 17.1. The fraction of sp³-hybridized carbons (Fsp3) is 0.545. The predicted molar refractivity (Wildman–Crippen MR) is 109 cm³/mol. The summed E-state index contributed by atoms with van der Waals surface area (Å²) >= 11 is 0. The summed E-state index contributed by atoms with van der Waals surface area (Å²) in [6, 6.07) is 8.16. The molecule has 2 heterocycles. The molecule has 0 radical (unpaired) electrons. The number of aromatic nitrogens is 2. The van der Waals surface area contributed by atoms with Gasteiger partial charge in [-0.2, -0.15) is 0 Å². The molecule has 0 aliphatic carbocycles. The number of hydrogen-bond acceptors (Lipinski definition) is 5. The van der Waals surface area contributed by atoms with Crippen molar-refractivity contribution in [2.45, 2.75) is 46.3 Å². The fourth-order valence-corrected chi connectivity index (χ4v) is 3.55. The first-order valence-corrected chi connectivity index (χ1v) is 10.1. The van der Waals surface area contributed by atoms with E-state index in [0.29, 0.717) is 44.5 Å². The maximum absolute atomic E-state index is 12.6. The molecule has 0 amide bonds. The second kappa shape index (κ2) is 9.45. The molecule has 0 spiro atoms. The molecule has 1 aromatic carbocycles. The van der Waals surface area contributed by atoms with Crippen LogP contribution in [0.15, 0.2) is 29.1 Å². The first kappa shape index (κ1) is 20.7. The number of aliphatic hydroxyl groups excluding tert-OH is 1. The highest BCUT2D eigenvalue weighted by Gasteiger charge is 2.23. The standard InChI is InChI=1S/C22H31N3O3/c1-15(2)13-28-14-18(26)11-25-9-8-20-19(12-25)22(27)24-21(23-20)10-17-7-5-4-6-16(17)3/h4-7,15,18,26H,8-14H2,1-3H3,(H,23,24,27). The number of nitrogens with one attached hydrogen (secondary N) is 1. The highest BCUT2D eigenvalue weighted by Crippen LogP contribution is 2.16. The van der Waals surface area contributed by atoms with Crippen LogP contribution in [0.2, 0.25) is 0 Å². The molecular formula is C22H31N3O3. The summed E-state index contributed by atoms with van der Waals surface area (Å²) in [5.41, 5.74) is 3.91. The molecule has 28 heavy (non-hydrogen) atoms. The lowest BCUT2D eigenvalue weighted by molar-refractivity contribution is 0.00594. The van der Waals surface area contributed by atoms with Gasteiger partial charge in [-0.05, 0) is 24.0 Å². The van der Waals surface area contributed by atoms with Crippen molar-refractivity contribution in [1.82, 2.24) is 14.9 Å². The monoisotopic (exact) mass is 385 g/mol. The second-order valence-electron chi connectivity index (χ2n) is 8.11. The average molecular weight is 386 g/mol. The van der Waals surface area contributed by atoms with E-state index in [1.165, 1.54) is 11.1 Å². The Balaban J connectivity index is 1.63. The van der Waals surface area contributed by atoms with Crippen LogP contribution in [-0.2, 0) is 24.1 Å². The first-order chi connectivity index (χ1) is 13.4. The van der Waals surface area contributed by atoms with E-state index in [-0.39, 0.29) is 5.56 Å². The Labute approximate surface area is 166 Å². The molecule has 6 heteroatoms. The number of rotatable bonds is 8. The number of hydrogen-bond donors (Lipinski definition) is 2. The summed E-state index contributed by atoms with van der Waals surface area (Å²) < 4.78 is 5.52. The molecular weight excluding hydrogens is 354 g/mol. The van der Waals surface area contributed by atoms with Gasteiger partial charge in [-0.3, -0.25) is 9.69 Å². The third-order valence-electron chi connectivity index (χ3n) is 5.05. The average Bonchev–Trinajstić information content (AvgIpc) is 2.64. The van der Waals surface area contributed by atoms with E-state index in [4.69, 9.17) is 9.72 Å². The number of β-amino-alcohol motifs (C(OH)–C–C–N with tert-alkyl or cyclic N) is 1. The number of benzene rings is 1. The van der Waals surface area contributed by atoms with Crippen LogP contribution in [0.1, 0.15) is 42.1 Å². The van der Waals surface area contributed by atoms with Crippen molar-refractivity contribution in [2.24, 2.45) is 5.92 Å². The van der Waals surface area contributed by atoms with E-state index in [1.807, 2.05) is 12.1 Å². The fourth-order valence-electron chi connectivity index (χ4n) is 3.55. The van der Waals surface area contributed by atoms with E-state index >= 15 is 0 Å². The Morgan fingerprint density at radius 1 is 1.29 bits per heavy atom. The summed E-state index contributed by atoms with van der Waals surface area (Å²) in [5, 5.41) is 10.2. The van der Waals surface area contributed by atoms with E-state index < -0.39 is 6.10 Å². The van der Waals surface area contributed by atoms with Crippen LogP contribution >= 0.6 is 0 Å². The minimum absolute atomic E-state index is 0.0659. The molecule has 3 rings (SSSR count). The van der Waals surface area contributed by atoms with Gasteiger partial charge in [0, 0.05) is 39.1 Å². The van der Waals surface area contributed by atoms with Crippen LogP contribution in [0.3, 0.4) is 0 Å². The maximum Gasteiger partial charge on any atom is 0.255 e. The zero-order chi connectivity index (χ0) is 20.1. The molecule has 0 saturated heterocycles. The molecule has 0 bridgehead atoms. The highest BCUT2D eigenvalue weighted by atomic mass is 16.5. The third kappa shape index (κ3) is 5.50. The lowest BCUT2D eigenvalue weighted by Crippen LogP contribution is -2.41.